The fourth-order valence-electron chi connectivity index (χ4n) is 2.76. The summed E-state index contributed by atoms with van der Waals surface area (Å²) < 4.78 is 0. The minimum absolute atomic E-state index is 0.224. The Hall–Kier alpha value is -1.87. The van der Waals surface area contributed by atoms with Crippen molar-refractivity contribution in [1.29, 1.82) is 0 Å². The molecule has 0 spiro atoms. The molecule has 0 aliphatic heterocycles. The zero-order valence-corrected chi connectivity index (χ0v) is 15.5. The highest BCUT2D eigenvalue weighted by atomic mass is 32.1. The molecule has 0 unspecified atom stereocenters. The molecule has 0 fully saturated rings. The Morgan fingerprint density at radius 1 is 0.957 bits per heavy atom. The minimum atomic E-state index is 0.224. The molecule has 1 atom stereocenters. The van der Waals surface area contributed by atoms with Crippen LogP contribution in [-0.2, 0) is 0 Å². The van der Waals surface area contributed by atoms with Gasteiger partial charge in [0.05, 0.1) is 6.04 Å². The zero-order chi connectivity index (χ0) is 17.0. The van der Waals surface area contributed by atoms with Crippen LogP contribution in [0.15, 0.2) is 36.4 Å². The predicted octanol–water partition coefficient (Wildman–Crippen LogP) is 5.36. The van der Waals surface area contributed by atoms with E-state index in [2.05, 4.69) is 81.7 Å². The number of thiocarbonyl (C=S) groups is 1. The van der Waals surface area contributed by atoms with Crippen molar-refractivity contribution in [2.75, 3.05) is 5.32 Å². The largest absolute Gasteiger partial charge is 0.356 e. The number of hydrogen-bond donors (Lipinski definition) is 2. The number of nitrogens with one attached hydrogen (secondary N) is 2. The van der Waals surface area contributed by atoms with E-state index in [1.54, 1.807) is 0 Å². The third-order valence-electron chi connectivity index (χ3n) is 4.28. The van der Waals surface area contributed by atoms with E-state index >= 15 is 0 Å². The van der Waals surface area contributed by atoms with Crippen LogP contribution < -0.4 is 10.6 Å². The molecule has 2 N–H and O–H groups in total. The van der Waals surface area contributed by atoms with Gasteiger partial charge in [-0.05, 0) is 80.7 Å². The third-order valence-corrected chi connectivity index (χ3v) is 4.50. The molecule has 3 heteroatoms. The quantitative estimate of drug-likeness (QED) is 0.740. The maximum Gasteiger partial charge on any atom is 0.171 e. The van der Waals surface area contributed by atoms with Gasteiger partial charge < -0.3 is 10.6 Å². The average Bonchev–Trinajstić information content (AvgIpc) is 2.49. The van der Waals surface area contributed by atoms with Crippen LogP contribution in [0.25, 0.3) is 0 Å². The van der Waals surface area contributed by atoms with Crippen molar-refractivity contribution >= 4 is 23.0 Å². The first-order valence-electron chi connectivity index (χ1n) is 8.12. The lowest BCUT2D eigenvalue weighted by Crippen LogP contribution is -2.32. The van der Waals surface area contributed by atoms with Crippen LogP contribution in [0.4, 0.5) is 5.69 Å². The van der Waals surface area contributed by atoms with E-state index in [1.807, 2.05) is 0 Å². The first-order valence-corrected chi connectivity index (χ1v) is 8.53. The van der Waals surface area contributed by atoms with Crippen LogP contribution in [0.3, 0.4) is 0 Å². The van der Waals surface area contributed by atoms with Crippen LogP contribution in [-0.4, -0.2) is 5.11 Å². The molecule has 0 amide bonds. The summed E-state index contributed by atoms with van der Waals surface area (Å²) >= 11 is 5.50. The van der Waals surface area contributed by atoms with Crippen molar-refractivity contribution in [1.82, 2.24) is 5.32 Å². The Morgan fingerprint density at radius 2 is 1.70 bits per heavy atom. The second kappa shape index (κ2) is 7.60. The van der Waals surface area contributed by atoms with Crippen molar-refractivity contribution in [2.45, 2.75) is 47.1 Å². The SMILES string of the molecule is CC[C@@H](NC(=S)Nc1ccc(C)c(C)c1)c1ccc(C)cc1C. The normalized spacial score (nSPS) is 11.9. The lowest BCUT2D eigenvalue weighted by molar-refractivity contribution is 0.625. The molecule has 0 aromatic heterocycles. The molecule has 2 aromatic carbocycles. The maximum atomic E-state index is 5.50. The number of aryl methyl sites for hydroxylation is 4. The molecular formula is C20H26N2S. The summed E-state index contributed by atoms with van der Waals surface area (Å²) in [5.41, 5.74) is 7.48. The Bertz CT molecular complexity index is 707. The van der Waals surface area contributed by atoms with Crippen molar-refractivity contribution < 1.29 is 0 Å². The number of hydrogen-bond acceptors (Lipinski definition) is 1. The molecular weight excluding hydrogens is 300 g/mol. The van der Waals surface area contributed by atoms with Gasteiger partial charge in [-0.1, -0.05) is 36.8 Å². The average molecular weight is 327 g/mol. The van der Waals surface area contributed by atoms with Gasteiger partial charge in [-0.3, -0.25) is 0 Å². The van der Waals surface area contributed by atoms with Gasteiger partial charge in [0.25, 0.3) is 0 Å². The summed E-state index contributed by atoms with van der Waals surface area (Å²) in [5.74, 6) is 0. The molecule has 0 bridgehead atoms. The van der Waals surface area contributed by atoms with Crippen LogP contribution in [0.5, 0.6) is 0 Å². The molecule has 0 saturated heterocycles. The van der Waals surface area contributed by atoms with E-state index in [9.17, 15) is 0 Å². The van der Waals surface area contributed by atoms with E-state index in [-0.39, 0.29) is 6.04 Å². The smallest absolute Gasteiger partial charge is 0.171 e. The van der Waals surface area contributed by atoms with E-state index in [0.29, 0.717) is 5.11 Å². The highest BCUT2D eigenvalue weighted by Crippen LogP contribution is 2.22. The van der Waals surface area contributed by atoms with Gasteiger partial charge in [0, 0.05) is 5.69 Å². The minimum Gasteiger partial charge on any atom is -0.356 e. The van der Waals surface area contributed by atoms with Gasteiger partial charge in [0.1, 0.15) is 0 Å². The zero-order valence-electron chi connectivity index (χ0n) is 14.7. The van der Waals surface area contributed by atoms with E-state index in [0.717, 1.165) is 12.1 Å². The molecule has 0 saturated carbocycles. The van der Waals surface area contributed by atoms with Gasteiger partial charge in [0.2, 0.25) is 0 Å². The van der Waals surface area contributed by atoms with Crippen molar-refractivity contribution in [3.63, 3.8) is 0 Å². The highest BCUT2D eigenvalue weighted by Gasteiger charge is 2.13. The van der Waals surface area contributed by atoms with Crippen LogP contribution in [0.1, 0.15) is 47.2 Å². The molecule has 0 radical (unpaired) electrons. The van der Waals surface area contributed by atoms with Crippen LogP contribution in [0, 0.1) is 27.7 Å². The van der Waals surface area contributed by atoms with Crippen LogP contribution in [0.2, 0.25) is 0 Å². The molecule has 122 valence electrons. The fourth-order valence-corrected chi connectivity index (χ4v) is 3.02. The molecule has 0 aliphatic rings. The van der Waals surface area contributed by atoms with Gasteiger partial charge in [-0.2, -0.15) is 0 Å². The summed E-state index contributed by atoms with van der Waals surface area (Å²) in [6.45, 7) is 10.7. The van der Waals surface area contributed by atoms with E-state index < -0.39 is 0 Å². The summed E-state index contributed by atoms with van der Waals surface area (Å²) in [6.07, 6.45) is 0.985. The van der Waals surface area contributed by atoms with Gasteiger partial charge in [0.15, 0.2) is 5.11 Å². The number of anilines is 1. The maximum absolute atomic E-state index is 5.50. The predicted molar refractivity (Wildman–Crippen MR) is 104 cm³/mol. The summed E-state index contributed by atoms with van der Waals surface area (Å²) in [4.78, 5) is 0. The standard InChI is InChI=1S/C20H26N2S/c1-6-19(18-10-7-13(2)11-16(18)5)22-20(23)21-17-9-8-14(3)15(4)12-17/h7-12,19H,6H2,1-5H3,(H2,21,22,23)/t19-/m1/s1. The molecule has 23 heavy (non-hydrogen) atoms. The fraction of sp³-hybridized carbons (Fsp3) is 0.350. The summed E-state index contributed by atoms with van der Waals surface area (Å²) in [5, 5.41) is 7.41. The first-order chi connectivity index (χ1) is 10.9. The van der Waals surface area contributed by atoms with E-state index in [4.69, 9.17) is 12.2 Å². The monoisotopic (exact) mass is 326 g/mol. The van der Waals surface area contributed by atoms with Gasteiger partial charge in [-0.15, -0.1) is 0 Å². The van der Waals surface area contributed by atoms with E-state index in [1.165, 1.54) is 27.8 Å². The second-order valence-corrected chi connectivity index (χ2v) is 6.63. The van der Waals surface area contributed by atoms with Gasteiger partial charge in [-0.25, -0.2) is 0 Å². The van der Waals surface area contributed by atoms with Crippen molar-refractivity contribution in [3.05, 3.63) is 64.2 Å². The highest BCUT2D eigenvalue weighted by molar-refractivity contribution is 7.80. The first kappa shape index (κ1) is 17.5. The Morgan fingerprint density at radius 3 is 2.30 bits per heavy atom. The number of benzene rings is 2. The van der Waals surface area contributed by atoms with Crippen molar-refractivity contribution in [3.8, 4) is 0 Å². The summed E-state index contributed by atoms with van der Waals surface area (Å²) in [7, 11) is 0. The molecule has 0 heterocycles. The lowest BCUT2D eigenvalue weighted by atomic mass is 9.98. The lowest BCUT2D eigenvalue weighted by Gasteiger charge is -2.22. The van der Waals surface area contributed by atoms with Crippen LogP contribution >= 0.6 is 12.2 Å². The number of rotatable bonds is 4. The van der Waals surface area contributed by atoms with Crippen molar-refractivity contribution in [2.24, 2.45) is 0 Å². The molecule has 0 aliphatic carbocycles. The second-order valence-electron chi connectivity index (χ2n) is 6.22. The van der Waals surface area contributed by atoms with Gasteiger partial charge >= 0.3 is 0 Å². The molecule has 2 nitrogen and oxygen atoms in total. The molecule has 2 aromatic rings. The Labute approximate surface area is 145 Å². The summed E-state index contributed by atoms with van der Waals surface area (Å²) in [6, 6.07) is 13.1. The third kappa shape index (κ3) is 4.55. The Balaban J connectivity index is 2.08. The topological polar surface area (TPSA) is 24.1 Å². The Kier molecular flexibility index (Phi) is 5.78. The molecule has 2 rings (SSSR count).